The molecule has 4 rings (SSSR count). The summed E-state index contributed by atoms with van der Waals surface area (Å²) in [7, 11) is 0. The monoisotopic (exact) mass is 430 g/mol. The SMILES string of the molecule is O=C(NCCc1ccccc1)[C@@H]1C[C@@H](c2ccccc2)CN(C(=O)c2ccccc2F)C1. The van der Waals surface area contributed by atoms with Crippen LogP contribution in [0, 0.1) is 11.7 Å². The highest BCUT2D eigenvalue weighted by molar-refractivity contribution is 5.95. The molecule has 1 aliphatic heterocycles. The number of nitrogens with zero attached hydrogens (tertiary/aromatic N) is 1. The van der Waals surface area contributed by atoms with Crippen LogP contribution in [0.1, 0.15) is 33.8 Å². The van der Waals surface area contributed by atoms with E-state index in [1.807, 2.05) is 60.7 Å². The van der Waals surface area contributed by atoms with Gasteiger partial charge in [-0.2, -0.15) is 0 Å². The zero-order valence-electron chi connectivity index (χ0n) is 17.9. The van der Waals surface area contributed by atoms with E-state index in [1.165, 1.54) is 12.1 Å². The summed E-state index contributed by atoms with van der Waals surface area (Å²) < 4.78 is 14.3. The molecule has 1 heterocycles. The zero-order chi connectivity index (χ0) is 22.3. The second kappa shape index (κ2) is 10.2. The van der Waals surface area contributed by atoms with E-state index in [0.717, 1.165) is 17.5 Å². The summed E-state index contributed by atoms with van der Waals surface area (Å²) in [5.41, 5.74) is 2.29. The number of carbonyl (C=O) groups is 2. The van der Waals surface area contributed by atoms with Gasteiger partial charge in [0.25, 0.3) is 5.91 Å². The number of likely N-dealkylation sites (tertiary alicyclic amines) is 1. The minimum Gasteiger partial charge on any atom is -0.355 e. The van der Waals surface area contributed by atoms with Gasteiger partial charge in [0, 0.05) is 25.6 Å². The van der Waals surface area contributed by atoms with E-state index in [4.69, 9.17) is 0 Å². The largest absolute Gasteiger partial charge is 0.355 e. The third-order valence-electron chi connectivity index (χ3n) is 6.04. The van der Waals surface area contributed by atoms with Gasteiger partial charge >= 0.3 is 0 Å². The molecule has 0 radical (unpaired) electrons. The van der Waals surface area contributed by atoms with Crippen LogP contribution in [0.3, 0.4) is 0 Å². The van der Waals surface area contributed by atoms with Crippen molar-refractivity contribution in [2.75, 3.05) is 19.6 Å². The summed E-state index contributed by atoms with van der Waals surface area (Å²) in [4.78, 5) is 27.8. The summed E-state index contributed by atoms with van der Waals surface area (Å²) in [6, 6.07) is 25.9. The van der Waals surface area contributed by atoms with Crippen molar-refractivity contribution >= 4 is 11.8 Å². The summed E-state index contributed by atoms with van der Waals surface area (Å²) in [6.45, 7) is 1.29. The highest BCUT2D eigenvalue weighted by atomic mass is 19.1. The second-order valence-corrected chi connectivity index (χ2v) is 8.26. The first-order chi connectivity index (χ1) is 15.6. The zero-order valence-corrected chi connectivity index (χ0v) is 17.9. The van der Waals surface area contributed by atoms with Gasteiger partial charge in [-0.05, 0) is 36.1 Å². The Morgan fingerprint density at radius 1 is 0.875 bits per heavy atom. The molecule has 164 valence electrons. The van der Waals surface area contributed by atoms with E-state index in [1.54, 1.807) is 17.0 Å². The molecule has 1 N–H and O–H groups in total. The minimum absolute atomic E-state index is 0.0190. The highest BCUT2D eigenvalue weighted by Gasteiger charge is 2.35. The van der Waals surface area contributed by atoms with Crippen LogP contribution >= 0.6 is 0 Å². The Morgan fingerprint density at radius 2 is 1.53 bits per heavy atom. The molecule has 5 heteroatoms. The molecule has 0 unspecified atom stereocenters. The summed E-state index contributed by atoms with van der Waals surface area (Å²) in [5, 5.41) is 3.03. The molecule has 3 aromatic carbocycles. The Kier molecular flexibility index (Phi) is 6.95. The Hall–Kier alpha value is -3.47. The molecule has 1 saturated heterocycles. The summed E-state index contributed by atoms with van der Waals surface area (Å²) in [5.74, 6) is -1.30. The maximum absolute atomic E-state index is 14.3. The standard InChI is InChI=1S/C27H27FN2O2/c28-25-14-8-7-13-24(25)27(32)30-18-22(21-11-5-2-6-12-21)17-23(19-30)26(31)29-16-15-20-9-3-1-4-10-20/h1-14,22-23H,15-19H2,(H,29,31)/t22-,23-/m1/s1. The molecule has 3 aromatic rings. The van der Waals surface area contributed by atoms with E-state index in [-0.39, 0.29) is 35.8 Å². The number of benzene rings is 3. The van der Waals surface area contributed by atoms with Gasteiger partial charge in [0.1, 0.15) is 5.82 Å². The van der Waals surface area contributed by atoms with Crippen LogP contribution in [0.25, 0.3) is 0 Å². The first-order valence-corrected chi connectivity index (χ1v) is 11.0. The molecule has 0 saturated carbocycles. The van der Waals surface area contributed by atoms with Crippen molar-refractivity contribution in [1.29, 1.82) is 0 Å². The van der Waals surface area contributed by atoms with Crippen LogP contribution in [0.4, 0.5) is 4.39 Å². The van der Waals surface area contributed by atoms with Gasteiger partial charge in [-0.3, -0.25) is 9.59 Å². The smallest absolute Gasteiger partial charge is 0.256 e. The number of halogens is 1. The predicted molar refractivity (Wildman–Crippen MR) is 123 cm³/mol. The van der Waals surface area contributed by atoms with Crippen LogP contribution < -0.4 is 5.32 Å². The van der Waals surface area contributed by atoms with E-state index in [9.17, 15) is 14.0 Å². The number of nitrogens with one attached hydrogen (secondary N) is 1. The summed E-state index contributed by atoms with van der Waals surface area (Å²) in [6.07, 6.45) is 1.40. The van der Waals surface area contributed by atoms with E-state index < -0.39 is 5.82 Å². The van der Waals surface area contributed by atoms with Crippen LogP contribution in [-0.4, -0.2) is 36.3 Å². The third-order valence-corrected chi connectivity index (χ3v) is 6.04. The maximum atomic E-state index is 14.3. The third kappa shape index (κ3) is 5.22. The van der Waals surface area contributed by atoms with Gasteiger partial charge in [-0.15, -0.1) is 0 Å². The van der Waals surface area contributed by atoms with E-state index in [0.29, 0.717) is 19.5 Å². The van der Waals surface area contributed by atoms with Crippen molar-refractivity contribution < 1.29 is 14.0 Å². The maximum Gasteiger partial charge on any atom is 0.256 e. The lowest BCUT2D eigenvalue weighted by Crippen LogP contribution is -2.48. The van der Waals surface area contributed by atoms with Crippen molar-refractivity contribution in [3.05, 3.63) is 107 Å². The fourth-order valence-electron chi connectivity index (χ4n) is 4.35. The summed E-state index contributed by atoms with van der Waals surface area (Å²) >= 11 is 0. The number of rotatable bonds is 6. The van der Waals surface area contributed by atoms with Crippen LogP contribution in [-0.2, 0) is 11.2 Å². The van der Waals surface area contributed by atoms with Crippen molar-refractivity contribution in [2.45, 2.75) is 18.8 Å². The average Bonchev–Trinajstić information content (AvgIpc) is 2.85. The molecule has 32 heavy (non-hydrogen) atoms. The Labute approximate surface area is 188 Å². The quantitative estimate of drug-likeness (QED) is 0.629. The van der Waals surface area contributed by atoms with Gasteiger partial charge in [0.05, 0.1) is 11.5 Å². The van der Waals surface area contributed by atoms with E-state index >= 15 is 0 Å². The molecule has 2 atom stereocenters. The second-order valence-electron chi connectivity index (χ2n) is 8.26. The van der Waals surface area contributed by atoms with Crippen molar-refractivity contribution in [3.63, 3.8) is 0 Å². The Balaban J connectivity index is 1.48. The van der Waals surface area contributed by atoms with Crippen LogP contribution in [0.5, 0.6) is 0 Å². The lowest BCUT2D eigenvalue weighted by molar-refractivity contribution is -0.126. The van der Waals surface area contributed by atoms with Gasteiger partial charge in [0.2, 0.25) is 5.91 Å². The molecule has 4 nitrogen and oxygen atoms in total. The Morgan fingerprint density at radius 3 is 2.25 bits per heavy atom. The minimum atomic E-state index is -0.539. The van der Waals surface area contributed by atoms with Crippen LogP contribution in [0.15, 0.2) is 84.9 Å². The van der Waals surface area contributed by atoms with Gasteiger partial charge in [-0.1, -0.05) is 72.8 Å². The number of hydrogen-bond acceptors (Lipinski definition) is 2. The number of carbonyl (C=O) groups excluding carboxylic acids is 2. The molecule has 2 amide bonds. The molecule has 1 fully saturated rings. The lowest BCUT2D eigenvalue weighted by Gasteiger charge is -2.37. The molecule has 1 aliphatic rings. The van der Waals surface area contributed by atoms with Crippen LogP contribution in [0.2, 0.25) is 0 Å². The molecular weight excluding hydrogens is 403 g/mol. The molecule has 0 aromatic heterocycles. The van der Waals surface area contributed by atoms with Crippen molar-refractivity contribution in [2.24, 2.45) is 5.92 Å². The average molecular weight is 431 g/mol. The predicted octanol–water partition coefficient (Wildman–Crippen LogP) is 4.43. The number of amides is 2. The fourth-order valence-corrected chi connectivity index (χ4v) is 4.35. The topological polar surface area (TPSA) is 49.4 Å². The first-order valence-electron chi connectivity index (χ1n) is 11.0. The molecular formula is C27H27FN2O2. The fraction of sp³-hybridized carbons (Fsp3) is 0.259. The van der Waals surface area contributed by atoms with Gasteiger partial charge < -0.3 is 10.2 Å². The molecule has 0 aliphatic carbocycles. The normalized spacial score (nSPS) is 18.2. The van der Waals surface area contributed by atoms with E-state index in [2.05, 4.69) is 5.32 Å². The molecule has 0 bridgehead atoms. The van der Waals surface area contributed by atoms with Crippen molar-refractivity contribution in [1.82, 2.24) is 10.2 Å². The first kappa shape index (κ1) is 21.8. The highest BCUT2D eigenvalue weighted by Crippen LogP contribution is 2.31. The lowest BCUT2D eigenvalue weighted by atomic mass is 9.83. The number of piperidine rings is 1. The Bertz CT molecular complexity index is 1060. The van der Waals surface area contributed by atoms with Crippen molar-refractivity contribution in [3.8, 4) is 0 Å². The molecule has 0 spiro atoms. The van der Waals surface area contributed by atoms with Gasteiger partial charge in [0.15, 0.2) is 0 Å². The number of hydrogen-bond donors (Lipinski definition) is 1. The van der Waals surface area contributed by atoms with Gasteiger partial charge in [-0.25, -0.2) is 4.39 Å².